The third-order valence-corrected chi connectivity index (χ3v) is 5.63. The van der Waals surface area contributed by atoms with Crippen LogP contribution in [0.3, 0.4) is 0 Å². The number of rotatable bonds is 2. The van der Waals surface area contributed by atoms with Crippen molar-refractivity contribution in [2.45, 2.75) is 38.6 Å². The van der Waals surface area contributed by atoms with Gasteiger partial charge < -0.3 is 15.7 Å². The SMILES string of the molecule is CC(=O)N1c2ccccc2C(C)(c2ccc(O)cc2)C(C(N)=O)C1(C)C. The van der Waals surface area contributed by atoms with Crippen LogP contribution >= 0.6 is 0 Å². The average molecular weight is 352 g/mol. The van der Waals surface area contributed by atoms with Crippen LogP contribution in [0.15, 0.2) is 48.5 Å². The largest absolute Gasteiger partial charge is 0.508 e. The summed E-state index contributed by atoms with van der Waals surface area (Å²) in [6, 6.07) is 14.4. The molecule has 2 amide bonds. The molecular formula is C21H24N2O3. The fourth-order valence-electron chi connectivity index (χ4n) is 4.75. The van der Waals surface area contributed by atoms with Gasteiger partial charge in [-0.1, -0.05) is 37.3 Å². The summed E-state index contributed by atoms with van der Waals surface area (Å²) in [4.78, 5) is 26.8. The molecule has 0 bridgehead atoms. The Morgan fingerprint density at radius 2 is 1.62 bits per heavy atom. The molecule has 0 radical (unpaired) electrons. The zero-order chi connectivity index (χ0) is 19.3. The second kappa shape index (κ2) is 5.87. The van der Waals surface area contributed by atoms with Gasteiger partial charge in [0, 0.05) is 18.0 Å². The number of carbonyl (C=O) groups is 2. The molecule has 0 spiro atoms. The van der Waals surface area contributed by atoms with E-state index < -0.39 is 22.8 Å². The van der Waals surface area contributed by atoms with Crippen LogP contribution < -0.4 is 10.6 Å². The van der Waals surface area contributed by atoms with Crippen LogP contribution in [-0.4, -0.2) is 22.5 Å². The van der Waals surface area contributed by atoms with Crippen molar-refractivity contribution in [1.82, 2.24) is 0 Å². The Morgan fingerprint density at radius 1 is 1.04 bits per heavy atom. The van der Waals surface area contributed by atoms with Crippen molar-refractivity contribution in [1.29, 1.82) is 0 Å². The Labute approximate surface area is 153 Å². The standard InChI is InChI=1S/C21H24N2O3/c1-13(24)23-17-8-6-5-7-16(17)21(4,14-9-11-15(25)12-10-14)18(19(22)26)20(23,2)3/h5-12,18,25H,1-4H3,(H2,22,26). The second-order valence-corrected chi connectivity index (χ2v) is 7.61. The number of carbonyl (C=O) groups excluding carboxylic acids is 2. The van der Waals surface area contributed by atoms with Crippen molar-refractivity contribution in [2.75, 3.05) is 4.90 Å². The van der Waals surface area contributed by atoms with E-state index in [1.54, 1.807) is 17.0 Å². The molecule has 0 aromatic heterocycles. The van der Waals surface area contributed by atoms with E-state index in [0.717, 1.165) is 16.8 Å². The predicted octanol–water partition coefficient (Wildman–Crippen LogP) is 2.94. The van der Waals surface area contributed by atoms with Gasteiger partial charge in [0.05, 0.1) is 11.5 Å². The van der Waals surface area contributed by atoms with Crippen molar-refractivity contribution in [3.63, 3.8) is 0 Å². The van der Waals surface area contributed by atoms with E-state index in [1.165, 1.54) is 6.92 Å². The van der Waals surface area contributed by atoms with Crippen molar-refractivity contribution < 1.29 is 14.7 Å². The molecule has 0 saturated carbocycles. The highest BCUT2D eigenvalue weighted by Crippen LogP contribution is 2.54. The molecule has 3 N–H and O–H groups in total. The van der Waals surface area contributed by atoms with Crippen LogP contribution in [-0.2, 0) is 15.0 Å². The number of hydrogen-bond acceptors (Lipinski definition) is 3. The molecule has 5 heteroatoms. The zero-order valence-corrected chi connectivity index (χ0v) is 15.5. The number of aromatic hydroxyl groups is 1. The molecule has 0 fully saturated rings. The molecule has 2 atom stereocenters. The lowest BCUT2D eigenvalue weighted by atomic mass is 9.57. The van der Waals surface area contributed by atoms with Gasteiger partial charge in [0.2, 0.25) is 11.8 Å². The van der Waals surface area contributed by atoms with Crippen LogP contribution in [0, 0.1) is 5.92 Å². The van der Waals surface area contributed by atoms with Gasteiger partial charge in [0.1, 0.15) is 5.75 Å². The average Bonchev–Trinajstić information content (AvgIpc) is 2.53. The molecule has 1 aliphatic rings. The molecule has 0 saturated heterocycles. The Balaban J connectivity index is 2.40. The number of primary amides is 1. The lowest BCUT2D eigenvalue weighted by Gasteiger charge is -2.55. The highest BCUT2D eigenvalue weighted by atomic mass is 16.3. The van der Waals surface area contributed by atoms with Gasteiger partial charge in [-0.2, -0.15) is 0 Å². The topological polar surface area (TPSA) is 83.6 Å². The maximum Gasteiger partial charge on any atom is 0.224 e. The summed E-state index contributed by atoms with van der Waals surface area (Å²) in [6.07, 6.45) is 0. The van der Waals surface area contributed by atoms with Crippen molar-refractivity contribution in [2.24, 2.45) is 11.7 Å². The molecule has 0 aliphatic carbocycles. The van der Waals surface area contributed by atoms with Gasteiger partial charge in [0.15, 0.2) is 0 Å². The summed E-state index contributed by atoms with van der Waals surface area (Å²) in [5.74, 6) is -1.10. The molecule has 1 aliphatic heterocycles. The van der Waals surface area contributed by atoms with E-state index in [4.69, 9.17) is 5.73 Å². The Kier molecular flexibility index (Phi) is 4.06. The number of fused-ring (bicyclic) bond motifs is 1. The number of anilines is 1. The van der Waals surface area contributed by atoms with Crippen molar-refractivity contribution >= 4 is 17.5 Å². The van der Waals surface area contributed by atoms with Crippen LogP contribution in [0.25, 0.3) is 0 Å². The summed E-state index contributed by atoms with van der Waals surface area (Å²) >= 11 is 0. The molecule has 3 rings (SSSR count). The lowest BCUT2D eigenvalue weighted by Crippen LogP contribution is -2.65. The van der Waals surface area contributed by atoms with E-state index in [9.17, 15) is 14.7 Å². The molecular weight excluding hydrogens is 328 g/mol. The van der Waals surface area contributed by atoms with E-state index >= 15 is 0 Å². The highest BCUT2D eigenvalue weighted by molar-refractivity contribution is 5.98. The Morgan fingerprint density at radius 3 is 2.15 bits per heavy atom. The maximum absolute atomic E-state index is 12.6. The first-order chi connectivity index (χ1) is 12.1. The smallest absolute Gasteiger partial charge is 0.224 e. The quantitative estimate of drug-likeness (QED) is 0.871. The molecule has 2 unspecified atom stereocenters. The van der Waals surface area contributed by atoms with Gasteiger partial charge in [0.25, 0.3) is 0 Å². The van der Waals surface area contributed by atoms with Gasteiger partial charge in [-0.25, -0.2) is 0 Å². The molecule has 1 heterocycles. The fourth-order valence-corrected chi connectivity index (χ4v) is 4.75. The number of nitrogens with two attached hydrogens (primary N) is 1. The molecule has 136 valence electrons. The van der Waals surface area contributed by atoms with Gasteiger partial charge >= 0.3 is 0 Å². The number of phenolic OH excluding ortho intramolecular Hbond substituents is 1. The minimum atomic E-state index is -0.821. The summed E-state index contributed by atoms with van der Waals surface area (Å²) < 4.78 is 0. The first kappa shape index (κ1) is 18.0. The third kappa shape index (κ3) is 2.38. The summed E-state index contributed by atoms with van der Waals surface area (Å²) in [6.45, 7) is 7.23. The van der Waals surface area contributed by atoms with Gasteiger partial charge in [-0.15, -0.1) is 0 Å². The normalized spacial score (nSPS) is 24.0. The van der Waals surface area contributed by atoms with E-state index in [2.05, 4.69) is 0 Å². The summed E-state index contributed by atoms with van der Waals surface area (Å²) in [7, 11) is 0. The summed E-state index contributed by atoms with van der Waals surface area (Å²) in [5, 5.41) is 9.68. The molecule has 5 nitrogen and oxygen atoms in total. The van der Waals surface area contributed by atoms with Gasteiger partial charge in [-0.05, 0) is 43.2 Å². The molecule has 26 heavy (non-hydrogen) atoms. The molecule has 2 aromatic rings. The molecule has 2 aromatic carbocycles. The highest BCUT2D eigenvalue weighted by Gasteiger charge is 2.57. The van der Waals surface area contributed by atoms with E-state index in [0.29, 0.717) is 0 Å². The van der Waals surface area contributed by atoms with Crippen LogP contribution in [0.5, 0.6) is 5.75 Å². The third-order valence-electron chi connectivity index (χ3n) is 5.63. The summed E-state index contributed by atoms with van der Waals surface area (Å²) in [5.41, 5.74) is 6.82. The number of amides is 2. The number of para-hydroxylation sites is 1. The minimum Gasteiger partial charge on any atom is -0.508 e. The van der Waals surface area contributed by atoms with Gasteiger partial charge in [-0.3, -0.25) is 9.59 Å². The first-order valence-electron chi connectivity index (χ1n) is 8.61. The number of benzene rings is 2. The minimum absolute atomic E-state index is 0.138. The maximum atomic E-state index is 12.6. The monoisotopic (exact) mass is 352 g/mol. The predicted molar refractivity (Wildman–Crippen MR) is 101 cm³/mol. The Hall–Kier alpha value is -2.82. The number of nitrogens with zero attached hydrogens (tertiary/aromatic N) is 1. The second-order valence-electron chi connectivity index (χ2n) is 7.61. The van der Waals surface area contributed by atoms with E-state index in [1.807, 2.05) is 57.2 Å². The fraction of sp³-hybridized carbons (Fsp3) is 0.333. The number of hydrogen-bond donors (Lipinski definition) is 2. The van der Waals surface area contributed by atoms with Crippen molar-refractivity contribution in [3.05, 3.63) is 59.7 Å². The lowest BCUT2D eigenvalue weighted by molar-refractivity contribution is -0.127. The van der Waals surface area contributed by atoms with Crippen LogP contribution in [0.4, 0.5) is 5.69 Å². The number of phenols is 1. The van der Waals surface area contributed by atoms with Crippen LogP contribution in [0.1, 0.15) is 38.8 Å². The van der Waals surface area contributed by atoms with Crippen molar-refractivity contribution in [3.8, 4) is 5.75 Å². The van der Waals surface area contributed by atoms with E-state index in [-0.39, 0.29) is 11.7 Å². The first-order valence-corrected chi connectivity index (χ1v) is 8.61. The van der Waals surface area contributed by atoms with Crippen LogP contribution in [0.2, 0.25) is 0 Å². The Bertz CT molecular complexity index is 873. The zero-order valence-electron chi connectivity index (χ0n) is 15.5.